The molecular weight excluding hydrogens is 479 g/mol. The molecule has 1 unspecified atom stereocenters. The number of fused-ring (bicyclic) bond motifs is 1. The molecule has 1 atom stereocenters. The maximum absolute atomic E-state index is 13.3. The molecule has 0 spiro atoms. The maximum atomic E-state index is 13.3. The fourth-order valence-electron chi connectivity index (χ4n) is 3.53. The van der Waals surface area contributed by atoms with Crippen molar-refractivity contribution in [3.05, 3.63) is 92.4 Å². The summed E-state index contributed by atoms with van der Waals surface area (Å²) in [7, 11) is 0. The number of aromatic nitrogens is 2. The Bertz CT molecular complexity index is 1480. The Hall–Kier alpha value is -2.85. The summed E-state index contributed by atoms with van der Waals surface area (Å²) in [5.74, 6) is -0.336. The van der Waals surface area contributed by atoms with Crippen LogP contribution in [0.4, 0.5) is 4.39 Å². The molecule has 9 heteroatoms. The summed E-state index contributed by atoms with van der Waals surface area (Å²) in [6.45, 7) is 1.91. The number of rotatable bonds is 6. The molecule has 0 aliphatic rings. The lowest BCUT2D eigenvalue weighted by molar-refractivity contribution is 0.0798. The number of halogens is 1. The van der Waals surface area contributed by atoms with E-state index in [-0.39, 0.29) is 5.82 Å². The lowest BCUT2D eigenvalue weighted by atomic mass is 10.0. The second kappa shape index (κ2) is 8.83. The summed E-state index contributed by atoms with van der Waals surface area (Å²) in [6.07, 6.45) is 3.85. The highest BCUT2D eigenvalue weighted by Crippen LogP contribution is 2.41. The Balaban J connectivity index is 1.47. The third-order valence-corrected chi connectivity index (χ3v) is 8.40. The lowest BCUT2D eigenvalue weighted by Gasteiger charge is -2.22. The third kappa shape index (κ3) is 4.24. The second-order valence-electron chi connectivity index (χ2n) is 7.29. The Morgan fingerprint density at radius 2 is 1.97 bits per heavy atom. The van der Waals surface area contributed by atoms with E-state index in [1.54, 1.807) is 30.6 Å². The molecule has 0 amide bonds. The zero-order chi connectivity index (χ0) is 23.0. The third-order valence-electron chi connectivity index (χ3n) is 5.27. The highest BCUT2D eigenvalue weighted by Gasteiger charge is 2.34. The van der Waals surface area contributed by atoms with Crippen LogP contribution in [-0.2, 0) is 5.60 Å². The van der Waals surface area contributed by atoms with Crippen LogP contribution in [0.1, 0.15) is 23.2 Å². The van der Waals surface area contributed by atoms with Crippen molar-refractivity contribution >= 4 is 45.4 Å². The van der Waals surface area contributed by atoms with Gasteiger partial charge in [-0.3, -0.25) is 0 Å². The number of hydrogen-bond donors (Lipinski definition) is 1. The van der Waals surface area contributed by atoms with Gasteiger partial charge in [0.25, 0.3) is 0 Å². The summed E-state index contributed by atoms with van der Waals surface area (Å²) in [6, 6.07) is 13.0. The van der Waals surface area contributed by atoms with Crippen molar-refractivity contribution in [2.24, 2.45) is 0 Å². The number of hydrogen-bond acceptors (Lipinski definition) is 8. The van der Waals surface area contributed by atoms with Gasteiger partial charge in [0.2, 0.25) is 0 Å². The first-order chi connectivity index (χ1) is 16.0. The maximum Gasteiger partial charge on any atom is 0.336 e. The number of benzene rings is 2. The highest BCUT2D eigenvalue weighted by atomic mass is 32.2. The van der Waals surface area contributed by atoms with Crippen molar-refractivity contribution in [2.75, 3.05) is 0 Å². The van der Waals surface area contributed by atoms with Gasteiger partial charge in [-0.1, -0.05) is 30.8 Å². The molecule has 5 rings (SSSR count). The van der Waals surface area contributed by atoms with Crippen molar-refractivity contribution in [1.82, 2.24) is 9.97 Å². The lowest BCUT2D eigenvalue weighted by Crippen LogP contribution is -2.24. The molecule has 166 valence electrons. The summed E-state index contributed by atoms with van der Waals surface area (Å²) in [5, 5.41) is 14.4. The van der Waals surface area contributed by atoms with E-state index in [2.05, 4.69) is 9.97 Å². The average Bonchev–Trinajstić information content (AvgIpc) is 3.51. The molecule has 0 bridgehead atoms. The minimum Gasteiger partial charge on any atom is -0.423 e. The molecular formula is C24H17FN2O3S3. The van der Waals surface area contributed by atoms with Crippen LogP contribution in [0.3, 0.4) is 0 Å². The van der Waals surface area contributed by atoms with E-state index < -0.39 is 11.2 Å². The van der Waals surface area contributed by atoms with Crippen molar-refractivity contribution in [1.29, 1.82) is 0 Å². The number of thiazole rings is 2. The van der Waals surface area contributed by atoms with Crippen LogP contribution in [0.25, 0.3) is 22.1 Å². The van der Waals surface area contributed by atoms with Crippen molar-refractivity contribution < 1.29 is 13.9 Å². The second-order valence-corrected chi connectivity index (χ2v) is 10.5. The fraction of sp³-hybridized carbons (Fsp3) is 0.125. The van der Waals surface area contributed by atoms with E-state index >= 15 is 0 Å². The summed E-state index contributed by atoms with van der Waals surface area (Å²) in [4.78, 5) is 22.5. The topological polar surface area (TPSA) is 76.2 Å². The van der Waals surface area contributed by atoms with Gasteiger partial charge < -0.3 is 9.52 Å². The van der Waals surface area contributed by atoms with Gasteiger partial charge in [0.1, 0.15) is 16.4 Å². The van der Waals surface area contributed by atoms with Crippen molar-refractivity contribution in [2.45, 2.75) is 28.2 Å². The Labute approximate surface area is 200 Å². The largest absolute Gasteiger partial charge is 0.423 e. The van der Waals surface area contributed by atoms with Gasteiger partial charge in [0.15, 0.2) is 9.94 Å². The molecule has 1 N–H and O–H groups in total. The quantitative estimate of drug-likeness (QED) is 0.278. The van der Waals surface area contributed by atoms with Crippen molar-refractivity contribution in [3.8, 4) is 11.1 Å². The molecule has 3 heterocycles. The van der Waals surface area contributed by atoms with Gasteiger partial charge in [0, 0.05) is 34.1 Å². The van der Waals surface area contributed by atoms with E-state index in [9.17, 15) is 14.3 Å². The Morgan fingerprint density at radius 3 is 2.70 bits per heavy atom. The molecule has 5 aromatic rings. The average molecular weight is 497 g/mol. The summed E-state index contributed by atoms with van der Waals surface area (Å²) < 4.78 is 19.5. The monoisotopic (exact) mass is 496 g/mol. The molecule has 3 aromatic heterocycles. The van der Waals surface area contributed by atoms with Gasteiger partial charge in [-0.25, -0.2) is 19.2 Å². The molecule has 33 heavy (non-hydrogen) atoms. The molecule has 0 saturated carbocycles. The van der Waals surface area contributed by atoms with Crippen LogP contribution in [-0.4, -0.2) is 15.1 Å². The minimum absolute atomic E-state index is 0.336. The first kappa shape index (κ1) is 22.0. The SMILES string of the molecule is CCC(O)(c1cnc(Sc2ccc3c(-c4ccc(F)cc4)cc(=O)oc3c2)s1)c1nccs1. The van der Waals surface area contributed by atoms with Crippen molar-refractivity contribution in [3.63, 3.8) is 0 Å². The predicted octanol–water partition coefficient (Wildman–Crippen LogP) is 6.31. The molecule has 0 fully saturated rings. The molecule has 0 aliphatic heterocycles. The summed E-state index contributed by atoms with van der Waals surface area (Å²) >= 11 is 4.25. The molecule has 0 aliphatic carbocycles. The highest BCUT2D eigenvalue weighted by molar-refractivity contribution is 8.01. The van der Waals surface area contributed by atoms with Crippen LogP contribution in [0.5, 0.6) is 0 Å². The summed E-state index contributed by atoms with van der Waals surface area (Å²) in [5.41, 5.74) is 0.227. The standard InChI is InChI=1S/C24H17FN2O3S3/c1-2-24(29,22-26-9-10-31-22)20-13-27-23(33-20)32-16-7-8-17-18(12-21(28)30-19(17)11-16)14-3-5-15(25)6-4-14/h3-13,29H,2H2,1H3. The predicted molar refractivity (Wildman–Crippen MR) is 130 cm³/mol. The Morgan fingerprint density at radius 1 is 1.15 bits per heavy atom. The minimum atomic E-state index is -1.16. The first-order valence-electron chi connectivity index (χ1n) is 10.1. The molecule has 2 aromatic carbocycles. The zero-order valence-corrected chi connectivity index (χ0v) is 19.8. The van der Waals surface area contributed by atoms with Gasteiger partial charge in [0.05, 0.1) is 4.88 Å². The normalized spacial score (nSPS) is 13.3. The van der Waals surface area contributed by atoms with Crippen LogP contribution in [0.15, 0.2) is 84.8 Å². The molecule has 0 saturated heterocycles. The fourth-order valence-corrected chi connectivity index (χ4v) is 6.56. The Kier molecular flexibility index (Phi) is 5.88. The van der Waals surface area contributed by atoms with Crippen LogP contribution >= 0.6 is 34.4 Å². The van der Waals surface area contributed by atoms with Crippen LogP contribution in [0, 0.1) is 5.82 Å². The molecule has 0 radical (unpaired) electrons. The van der Waals surface area contributed by atoms with E-state index in [1.807, 2.05) is 24.4 Å². The smallest absolute Gasteiger partial charge is 0.336 e. The van der Waals surface area contributed by atoms with Crippen LogP contribution < -0.4 is 5.63 Å². The number of nitrogens with zero attached hydrogens (tertiary/aromatic N) is 2. The van der Waals surface area contributed by atoms with Gasteiger partial charge in [-0.05, 0) is 47.9 Å². The molecule has 5 nitrogen and oxygen atoms in total. The zero-order valence-electron chi connectivity index (χ0n) is 17.3. The van der Waals surface area contributed by atoms with E-state index in [0.717, 1.165) is 25.1 Å². The van der Waals surface area contributed by atoms with Gasteiger partial charge in [-0.15, -0.1) is 22.7 Å². The van der Waals surface area contributed by atoms with E-state index in [0.29, 0.717) is 22.6 Å². The van der Waals surface area contributed by atoms with Gasteiger partial charge >= 0.3 is 5.63 Å². The van der Waals surface area contributed by atoms with Gasteiger partial charge in [-0.2, -0.15) is 0 Å². The van der Waals surface area contributed by atoms with E-state index in [1.165, 1.54) is 52.6 Å². The number of aliphatic hydroxyl groups is 1. The first-order valence-corrected chi connectivity index (χ1v) is 12.6. The van der Waals surface area contributed by atoms with E-state index in [4.69, 9.17) is 4.42 Å². The van der Waals surface area contributed by atoms with Crippen LogP contribution in [0.2, 0.25) is 0 Å².